The van der Waals surface area contributed by atoms with Gasteiger partial charge in [0.25, 0.3) is 0 Å². The normalized spacial score (nSPS) is 12.1. The molecule has 0 aliphatic heterocycles. The van der Waals surface area contributed by atoms with Crippen molar-refractivity contribution in [2.75, 3.05) is 6.61 Å². The third-order valence-electron chi connectivity index (χ3n) is 1.73. The van der Waals surface area contributed by atoms with E-state index in [0.29, 0.717) is 6.42 Å². The van der Waals surface area contributed by atoms with Crippen LogP contribution in [0.3, 0.4) is 0 Å². The molecule has 4 nitrogen and oxygen atoms in total. The van der Waals surface area contributed by atoms with Crippen LogP contribution in [-0.2, 0) is 11.2 Å². The van der Waals surface area contributed by atoms with Crippen LogP contribution in [-0.4, -0.2) is 23.9 Å². The average molecular weight is 195 g/mol. The average Bonchev–Trinajstić information content (AvgIpc) is 2.16. The fourth-order valence-corrected chi connectivity index (χ4v) is 1.12. The van der Waals surface area contributed by atoms with Crippen molar-refractivity contribution < 1.29 is 14.6 Å². The number of benzene rings is 1. The lowest BCUT2D eigenvalue weighted by Crippen LogP contribution is -2.23. The molecule has 0 fully saturated rings. The summed E-state index contributed by atoms with van der Waals surface area (Å²) < 4.78 is 4.46. The maximum atomic E-state index is 10.2. The maximum Gasteiger partial charge on any atom is 0.404 e. The molecule has 14 heavy (non-hydrogen) atoms. The zero-order chi connectivity index (χ0) is 10.4. The molecule has 1 aromatic rings. The van der Waals surface area contributed by atoms with Crippen LogP contribution in [0.5, 0.6) is 0 Å². The Hall–Kier alpha value is -1.55. The highest BCUT2D eigenvalue weighted by molar-refractivity contribution is 5.64. The Morgan fingerprint density at radius 3 is 2.64 bits per heavy atom. The monoisotopic (exact) mass is 195 g/mol. The van der Waals surface area contributed by atoms with E-state index in [0.717, 1.165) is 5.56 Å². The van der Waals surface area contributed by atoms with Gasteiger partial charge in [-0.1, -0.05) is 30.3 Å². The summed E-state index contributed by atoms with van der Waals surface area (Å²) in [6, 6.07) is 9.46. The van der Waals surface area contributed by atoms with E-state index in [4.69, 9.17) is 5.73 Å². The molecule has 0 saturated heterocycles. The number of nitrogens with two attached hydrogens (primary N) is 1. The predicted octanol–water partition coefficient (Wildman–Crippen LogP) is 0.685. The van der Waals surface area contributed by atoms with Gasteiger partial charge in [-0.2, -0.15) is 0 Å². The number of amides is 1. The highest BCUT2D eigenvalue weighted by Gasteiger charge is 2.06. The molecule has 4 heteroatoms. The van der Waals surface area contributed by atoms with Crippen LogP contribution in [0.1, 0.15) is 5.56 Å². The van der Waals surface area contributed by atoms with Gasteiger partial charge >= 0.3 is 6.09 Å². The fourth-order valence-electron chi connectivity index (χ4n) is 1.12. The Morgan fingerprint density at radius 1 is 1.43 bits per heavy atom. The summed E-state index contributed by atoms with van der Waals surface area (Å²) in [6.45, 7) is -0.0653. The fraction of sp³-hybridized carbons (Fsp3) is 0.300. The second kappa shape index (κ2) is 5.24. The molecule has 0 spiro atoms. The van der Waals surface area contributed by atoms with Crippen LogP contribution in [0.4, 0.5) is 4.79 Å². The van der Waals surface area contributed by atoms with E-state index in [1.54, 1.807) is 0 Å². The quantitative estimate of drug-likeness (QED) is 0.742. The molecule has 1 rings (SSSR count). The lowest BCUT2D eigenvalue weighted by Gasteiger charge is -2.09. The van der Waals surface area contributed by atoms with Crippen molar-refractivity contribution >= 4 is 6.09 Å². The number of hydrogen-bond donors (Lipinski definition) is 2. The molecule has 0 unspecified atom stereocenters. The Morgan fingerprint density at radius 2 is 2.07 bits per heavy atom. The number of aliphatic hydroxyl groups is 1. The van der Waals surface area contributed by atoms with Crippen molar-refractivity contribution in [3.8, 4) is 0 Å². The van der Waals surface area contributed by atoms with E-state index in [2.05, 4.69) is 4.74 Å². The predicted molar refractivity (Wildman–Crippen MR) is 51.7 cm³/mol. The van der Waals surface area contributed by atoms with Crippen molar-refractivity contribution in [1.29, 1.82) is 0 Å². The SMILES string of the molecule is NC(=O)OC[C@H](O)Cc1ccccc1. The van der Waals surface area contributed by atoms with Crippen molar-refractivity contribution in [2.45, 2.75) is 12.5 Å². The standard InChI is InChI=1S/C10H13NO3/c11-10(13)14-7-9(12)6-8-4-2-1-3-5-8/h1-5,9,12H,6-7H2,(H2,11,13)/t9-/m1/s1. The summed E-state index contributed by atoms with van der Waals surface area (Å²) >= 11 is 0. The molecule has 1 amide bonds. The molecule has 0 aliphatic carbocycles. The minimum absolute atomic E-state index is 0.0653. The first-order valence-corrected chi connectivity index (χ1v) is 4.32. The number of hydrogen-bond acceptors (Lipinski definition) is 3. The minimum atomic E-state index is -0.864. The van der Waals surface area contributed by atoms with Gasteiger partial charge in [-0.15, -0.1) is 0 Å². The molecule has 76 valence electrons. The van der Waals surface area contributed by atoms with Crippen LogP contribution in [0, 0.1) is 0 Å². The molecule has 0 aliphatic rings. The van der Waals surface area contributed by atoms with Gasteiger partial charge in [0.1, 0.15) is 6.61 Å². The number of aliphatic hydroxyl groups excluding tert-OH is 1. The van der Waals surface area contributed by atoms with Crippen LogP contribution in [0.2, 0.25) is 0 Å². The number of ether oxygens (including phenoxy) is 1. The topological polar surface area (TPSA) is 72.6 Å². The van der Waals surface area contributed by atoms with Gasteiger partial charge in [-0.25, -0.2) is 4.79 Å². The summed E-state index contributed by atoms with van der Waals surface area (Å²) in [5.41, 5.74) is 5.76. The number of primary amides is 1. The maximum absolute atomic E-state index is 10.2. The van der Waals surface area contributed by atoms with Crippen molar-refractivity contribution in [1.82, 2.24) is 0 Å². The zero-order valence-electron chi connectivity index (χ0n) is 7.72. The molecule has 3 N–H and O–H groups in total. The Kier molecular flexibility index (Phi) is 3.94. The molecule has 0 saturated carbocycles. The first-order valence-electron chi connectivity index (χ1n) is 4.32. The first-order chi connectivity index (χ1) is 6.68. The van der Waals surface area contributed by atoms with E-state index in [-0.39, 0.29) is 6.61 Å². The minimum Gasteiger partial charge on any atom is -0.447 e. The summed E-state index contributed by atoms with van der Waals surface area (Å²) in [4.78, 5) is 10.2. The Labute approximate surface area is 82.3 Å². The van der Waals surface area contributed by atoms with Crippen LogP contribution in [0.15, 0.2) is 30.3 Å². The van der Waals surface area contributed by atoms with E-state index in [1.807, 2.05) is 30.3 Å². The van der Waals surface area contributed by atoms with Crippen molar-refractivity contribution in [2.24, 2.45) is 5.73 Å². The van der Waals surface area contributed by atoms with E-state index in [9.17, 15) is 9.90 Å². The number of carbonyl (C=O) groups excluding carboxylic acids is 1. The van der Waals surface area contributed by atoms with Gasteiger partial charge in [0.15, 0.2) is 0 Å². The molecule has 1 atom stereocenters. The summed E-state index contributed by atoms with van der Waals surface area (Å²) in [7, 11) is 0. The largest absolute Gasteiger partial charge is 0.447 e. The Bertz CT molecular complexity index is 287. The first kappa shape index (κ1) is 10.5. The second-order valence-electron chi connectivity index (χ2n) is 2.97. The smallest absolute Gasteiger partial charge is 0.404 e. The highest BCUT2D eigenvalue weighted by Crippen LogP contribution is 2.03. The molecule has 0 heterocycles. The Balaban J connectivity index is 2.34. The van der Waals surface area contributed by atoms with Gasteiger partial charge in [0.05, 0.1) is 6.10 Å². The van der Waals surface area contributed by atoms with Gasteiger partial charge < -0.3 is 15.6 Å². The third-order valence-corrected chi connectivity index (χ3v) is 1.73. The van der Waals surface area contributed by atoms with E-state index >= 15 is 0 Å². The number of carbonyl (C=O) groups is 1. The summed E-state index contributed by atoms with van der Waals surface area (Å²) in [5, 5.41) is 9.42. The molecule has 0 bridgehead atoms. The molecular weight excluding hydrogens is 182 g/mol. The van der Waals surface area contributed by atoms with Crippen molar-refractivity contribution in [3.05, 3.63) is 35.9 Å². The van der Waals surface area contributed by atoms with Gasteiger partial charge in [0.2, 0.25) is 0 Å². The second-order valence-corrected chi connectivity index (χ2v) is 2.97. The van der Waals surface area contributed by atoms with Gasteiger partial charge in [0, 0.05) is 6.42 Å². The van der Waals surface area contributed by atoms with Crippen LogP contribution >= 0.6 is 0 Å². The molecule has 1 aromatic carbocycles. The molecule has 0 aromatic heterocycles. The van der Waals surface area contributed by atoms with Gasteiger partial charge in [-0.3, -0.25) is 0 Å². The highest BCUT2D eigenvalue weighted by atomic mass is 16.6. The van der Waals surface area contributed by atoms with E-state index < -0.39 is 12.2 Å². The third kappa shape index (κ3) is 3.91. The van der Waals surface area contributed by atoms with Crippen LogP contribution < -0.4 is 5.73 Å². The molecular formula is C10H13NO3. The summed E-state index contributed by atoms with van der Waals surface area (Å²) in [5.74, 6) is 0. The zero-order valence-corrected chi connectivity index (χ0v) is 7.72. The van der Waals surface area contributed by atoms with E-state index in [1.165, 1.54) is 0 Å². The summed E-state index contributed by atoms with van der Waals surface area (Å²) in [6.07, 6.45) is -1.12. The molecule has 0 radical (unpaired) electrons. The lowest BCUT2D eigenvalue weighted by atomic mass is 10.1. The van der Waals surface area contributed by atoms with Crippen LogP contribution in [0.25, 0.3) is 0 Å². The lowest BCUT2D eigenvalue weighted by molar-refractivity contribution is 0.0732. The van der Waals surface area contributed by atoms with Crippen molar-refractivity contribution in [3.63, 3.8) is 0 Å². The number of rotatable bonds is 4. The van der Waals surface area contributed by atoms with Gasteiger partial charge in [-0.05, 0) is 5.56 Å².